The van der Waals surface area contributed by atoms with Crippen LogP contribution in [-0.2, 0) is 11.3 Å². The number of anilines is 2. The molecule has 0 atom stereocenters. The van der Waals surface area contributed by atoms with E-state index in [-0.39, 0.29) is 18.4 Å². The molecule has 0 fully saturated rings. The molecule has 0 heterocycles. The van der Waals surface area contributed by atoms with Gasteiger partial charge in [0.05, 0.1) is 32.0 Å². The normalized spacial score (nSPS) is 10.6. The van der Waals surface area contributed by atoms with Gasteiger partial charge in [-0.15, -0.1) is 0 Å². The lowest BCUT2D eigenvalue weighted by atomic mass is 10.1. The summed E-state index contributed by atoms with van der Waals surface area (Å²) in [6.07, 6.45) is 0. The third-order valence-corrected chi connectivity index (χ3v) is 5.07. The molecule has 0 aliphatic rings. The van der Waals surface area contributed by atoms with Crippen LogP contribution in [0.2, 0.25) is 0 Å². The SMILES string of the molecule is COc1ccc(CN(C)CC(=O)Nc2ccccc2C(=O)Nc2cccc(C)c2)c(OC)c1. The Labute approximate surface area is 194 Å². The Hall–Kier alpha value is -3.84. The number of nitrogens with zero attached hydrogens (tertiary/aromatic N) is 1. The van der Waals surface area contributed by atoms with Crippen LogP contribution in [0.1, 0.15) is 21.5 Å². The van der Waals surface area contributed by atoms with Gasteiger partial charge < -0.3 is 20.1 Å². The molecule has 3 aromatic carbocycles. The molecular formula is C26H29N3O4. The molecule has 0 spiro atoms. The van der Waals surface area contributed by atoms with Gasteiger partial charge in [0.2, 0.25) is 5.91 Å². The van der Waals surface area contributed by atoms with Crippen molar-refractivity contribution in [2.75, 3.05) is 38.4 Å². The van der Waals surface area contributed by atoms with Crippen LogP contribution < -0.4 is 20.1 Å². The molecule has 0 saturated heterocycles. The lowest BCUT2D eigenvalue weighted by Crippen LogP contribution is -2.30. The summed E-state index contributed by atoms with van der Waals surface area (Å²) >= 11 is 0. The van der Waals surface area contributed by atoms with Crippen LogP contribution in [0.3, 0.4) is 0 Å². The number of benzene rings is 3. The summed E-state index contributed by atoms with van der Waals surface area (Å²) in [6, 6.07) is 20.1. The Morgan fingerprint density at radius 1 is 0.909 bits per heavy atom. The number of para-hydroxylation sites is 1. The van der Waals surface area contributed by atoms with Crippen LogP contribution in [0, 0.1) is 6.92 Å². The summed E-state index contributed by atoms with van der Waals surface area (Å²) in [6.45, 7) is 2.61. The molecule has 0 aliphatic heterocycles. The van der Waals surface area contributed by atoms with Crippen molar-refractivity contribution in [1.29, 1.82) is 0 Å². The van der Waals surface area contributed by atoms with Crippen LogP contribution in [-0.4, -0.2) is 44.5 Å². The zero-order valence-corrected chi connectivity index (χ0v) is 19.3. The number of amides is 2. The Bertz CT molecular complexity index is 1130. The van der Waals surface area contributed by atoms with Crippen molar-refractivity contribution in [3.63, 3.8) is 0 Å². The molecule has 0 radical (unpaired) electrons. The minimum Gasteiger partial charge on any atom is -0.497 e. The summed E-state index contributed by atoms with van der Waals surface area (Å²) in [7, 11) is 5.05. The second kappa shape index (κ2) is 11.2. The standard InChI is InChI=1S/C26H29N3O4/c1-18-8-7-9-20(14-18)27-26(31)22-10-5-6-11-23(22)28-25(30)17-29(2)16-19-12-13-21(32-3)15-24(19)33-4/h5-15H,16-17H2,1-4H3,(H,27,31)(H,28,30). The monoisotopic (exact) mass is 447 g/mol. The van der Waals surface area contributed by atoms with Crippen LogP contribution in [0.5, 0.6) is 11.5 Å². The zero-order chi connectivity index (χ0) is 23.8. The molecule has 0 saturated carbocycles. The second-order valence-electron chi connectivity index (χ2n) is 7.77. The number of aryl methyl sites for hydroxylation is 1. The van der Waals surface area contributed by atoms with Gasteiger partial charge in [-0.2, -0.15) is 0 Å². The number of likely N-dealkylation sites (N-methyl/N-ethyl adjacent to an activating group) is 1. The number of carbonyl (C=O) groups excluding carboxylic acids is 2. The van der Waals surface area contributed by atoms with E-state index in [4.69, 9.17) is 9.47 Å². The number of hydrogen-bond acceptors (Lipinski definition) is 5. The highest BCUT2D eigenvalue weighted by atomic mass is 16.5. The fourth-order valence-corrected chi connectivity index (χ4v) is 3.48. The van der Waals surface area contributed by atoms with E-state index in [0.717, 1.165) is 11.1 Å². The van der Waals surface area contributed by atoms with Gasteiger partial charge in [-0.05, 0) is 49.9 Å². The predicted molar refractivity (Wildman–Crippen MR) is 130 cm³/mol. The lowest BCUT2D eigenvalue weighted by molar-refractivity contribution is -0.117. The van der Waals surface area contributed by atoms with Crippen LogP contribution in [0.25, 0.3) is 0 Å². The highest BCUT2D eigenvalue weighted by Gasteiger charge is 2.15. The predicted octanol–water partition coefficient (Wildman–Crippen LogP) is 4.34. The first-order valence-corrected chi connectivity index (χ1v) is 10.6. The third-order valence-electron chi connectivity index (χ3n) is 5.07. The Kier molecular flexibility index (Phi) is 8.05. The first kappa shape index (κ1) is 23.8. The van der Waals surface area contributed by atoms with Gasteiger partial charge in [-0.1, -0.05) is 30.3 Å². The zero-order valence-electron chi connectivity index (χ0n) is 19.3. The minimum absolute atomic E-state index is 0.142. The summed E-state index contributed by atoms with van der Waals surface area (Å²) < 4.78 is 10.7. The van der Waals surface area contributed by atoms with E-state index in [1.165, 1.54) is 0 Å². The van der Waals surface area contributed by atoms with E-state index < -0.39 is 0 Å². The maximum atomic E-state index is 12.8. The highest BCUT2D eigenvalue weighted by molar-refractivity contribution is 6.10. The fourth-order valence-electron chi connectivity index (χ4n) is 3.48. The largest absolute Gasteiger partial charge is 0.497 e. The maximum Gasteiger partial charge on any atom is 0.257 e. The van der Waals surface area contributed by atoms with Crippen molar-refractivity contribution < 1.29 is 19.1 Å². The van der Waals surface area contributed by atoms with E-state index in [1.54, 1.807) is 38.5 Å². The van der Waals surface area contributed by atoms with Crippen molar-refractivity contribution in [3.05, 3.63) is 83.4 Å². The molecule has 0 aromatic heterocycles. The van der Waals surface area contributed by atoms with Gasteiger partial charge in [-0.25, -0.2) is 0 Å². The van der Waals surface area contributed by atoms with Gasteiger partial charge in [0, 0.05) is 23.9 Å². The van der Waals surface area contributed by atoms with E-state index >= 15 is 0 Å². The first-order chi connectivity index (χ1) is 15.9. The average molecular weight is 448 g/mol. The number of rotatable bonds is 9. The molecule has 0 unspecified atom stereocenters. The average Bonchev–Trinajstić information content (AvgIpc) is 2.79. The van der Waals surface area contributed by atoms with Crippen LogP contribution in [0.4, 0.5) is 11.4 Å². The van der Waals surface area contributed by atoms with Gasteiger partial charge in [0.25, 0.3) is 5.91 Å². The maximum absolute atomic E-state index is 12.8. The quantitative estimate of drug-likeness (QED) is 0.510. The molecule has 33 heavy (non-hydrogen) atoms. The Morgan fingerprint density at radius 3 is 2.42 bits per heavy atom. The van der Waals surface area contributed by atoms with Crippen molar-refractivity contribution in [3.8, 4) is 11.5 Å². The van der Waals surface area contributed by atoms with E-state index in [1.807, 2.05) is 61.3 Å². The molecule has 3 rings (SSSR count). The van der Waals surface area contributed by atoms with Gasteiger partial charge in [-0.3, -0.25) is 14.5 Å². The van der Waals surface area contributed by atoms with Crippen molar-refractivity contribution in [2.24, 2.45) is 0 Å². The van der Waals surface area contributed by atoms with Gasteiger partial charge in [0.1, 0.15) is 11.5 Å². The van der Waals surface area contributed by atoms with E-state index in [2.05, 4.69) is 10.6 Å². The highest BCUT2D eigenvalue weighted by Crippen LogP contribution is 2.25. The van der Waals surface area contributed by atoms with Crippen LogP contribution in [0.15, 0.2) is 66.7 Å². The van der Waals surface area contributed by atoms with Gasteiger partial charge in [0.15, 0.2) is 0 Å². The van der Waals surface area contributed by atoms with Crippen molar-refractivity contribution in [1.82, 2.24) is 4.90 Å². The van der Waals surface area contributed by atoms with Crippen molar-refractivity contribution in [2.45, 2.75) is 13.5 Å². The summed E-state index contributed by atoms with van der Waals surface area (Å²) in [5.74, 6) is 0.893. The molecule has 3 aromatic rings. The van der Waals surface area contributed by atoms with E-state index in [0.29, 0.717) is 35.0 Å². The van der Waals surface area contributed by atoms with E-state index in [9.17, 15) is 9.59 Å². The molecule has 7 heteroatoms. The smallest absolute Gasteiger partial charge is 0.257 e. The summed E-state index contributed by atoms with van der Waals surface area (Å²) in [4.78, 5) is 27.4. The second-order valence-corrected chi connectivity index (χ2v) is 7.77. The Morgan fingerprint density at radius 2 is 1.70 bits per heavy atom. The number of carbonyl (C=O) groups is 2. The lowest BCUT2D eigenvalue weighted by Gasteiger charge is -2.19. The van der Waals surface area contributed by atoms with Crippen LogP contribution >= 0.6 is 0 Å². The Balaban J connectivity index is 1.64. The number of hydrogen-bond donors (Lipinski definition) is 2. The number of methoxy groups -OCH3 is 2. The first-order valence-electron chi connectivity index (χ1n) is 10.6. The summed E-state index contributed by atoms with van der Waals surface area (Å²) in [5.41, 5.74) is 3.54. The molecule has 0 aliphatic carbocycles. The molecule has 2 amide bonds. The minimum atomic E-state index is -0.284. The third kappa shape index (κ3) is 6.57. The molecular weight excluding hydrogens is 418 g/mol. The topological polar surface area (TPSA) is 79.9 Å². The number of ether oxygens (including phenoxy) is 2. The molecule has 0 bridgehead atoms. The fraction of sp³-hybridized carbons (Fsp3) is 0.231. The molecule has 172 valence electrons. The van der Waals surface area contributed by atoms with Crippen molar-refractivity contribution >= 4 is 23.2 Å². The summed E-state index contributed by atoms with van der Waals surface area (Å²) in [5, 5.41) is 5.74. The number of nitrogens with one attached hydrogen (secondary N) is 2. The molecule has 7 nitrogen and oxygen atoms in total. The molecule has 2 N–H and O–H groups in total. The van der Waals surface area contributed by atoms with Gasteiger partial charge >= 0.3 is 0 Å².